The predicted octanol–water partition coefficient (Wildman–Crippen LogP) is 1.98. The third-order valence-electron chi connectivity index (χ3n) is 2.09. The van der Waals surface area contributed by atoms with Gasteiger partial charge in [0.1, 0.15) is 5.82 Å². The van der Waals surface area contributed by atoms with Crippen molar-refractivity contribution in [1.82, 2.24) is 14.8 Å². The summed E-state index contributed by atoms with van der Waals surface area (Å²) < 4.78 is 37.6. The molecule has 0 spiro atoms. The van der Waals surface area contributed by atoms with Crippen molar-refractivity contribution in [3.8, 4) is 0 Å². The van der Waals surface area contributed by atoms with Gasteiger partial charge in [-0.25, -0.2) is 0 Å². The van der Waals surface area contributed by atoms with Crippen LogP contribution >= 0.6 is 11.8 Å². The Morgan fingerprint density at radius 3 is 2.65 bits per heavy atom. The van der Waals surface area contributed by atoms with Crippen molar-refractivity contribution >= 4 is 11.8 Å². The number of nitrogens with zero attached hydrogens (tertiary/aromatic N) is 3. The summed E-state index contributed by atoms with van der Waals surface area (Å²) in [4.78, 5) is 0. The van der Waals surface area contributed by atoms with Crippen LogP contribution in [0, 0.1) is 6.92 Å². The number of rotatable bonds is 6. The molecule has 0 aromatic carbocycles. The van der Waals surface area contributed by atoms with Crippen LogP contribution in [0.25, 0.3) is 0 Å². The molecule has 98 valence electrons. The molecule has 0 unspecified atom stereocenters. The lowest BCUT2D eigenvalue weighted by molar-refractivity contribution is -0.134. The minimum atomic E-state index is -4.08. The van der Waals surface area contributed by atoms with Crippen LogP contribution in [-0.2, 0) is 6.54 Å². The van der Waals surface area contributed by atoms with Crippen LogP contribution in [0.5, 0.6) is 0 Å². The maximum Gasteiger partial charge on any atom is 0.389 e. The Morgan fingerprint density at radius 2 is 2.06 bits per heavy atom. The highest BCUT2D eigenvalue weighted by molar-refractivity contribution is 7.99. The second kappa shape index (κ2) is 6.25. The van der Waals surface area contributed by atoms with Crippen LogP contribution < -0.4 is 5.73 Å². The average molecular weight is 268 g/mol. The lowest BCUT2D eigenvalue weighted by Gasteiger charge is -2.07. The van der Waals surface area contributed by atoms with Crippen molar-refractivity contribution in [3.05, 3.63) is 5.82 Å². The zero-order valence-corrected chi connectivity index (χ0v) is 10.3. The van der Waals surface area contributed by atoms with Gasteiger partial charge in [-0.1, -0.05) is 11.8 Å². The van der Waals surface area contributed by atoms with Gasteiger partial charge in [-0.3, -0.25) is 0 Å². The number of hydrogen-bond donors (Lipinski definition) is 1. The van der Waals surface area contributed by atoms with E-state index in [1.54, 1.807) is 6.92 Å². The second-order valence-electron chi connectivity index (χ2n) is 3.54. The molecule has 2 N–H and O–H groups in total. The molecule has 1 aromatic heterocycles. The smallest absolute Gasteiger partial charge is 0.329 e. The zero-order valence-electron chi connectivity index (χ0n) is 9.50. The molecule has 17 heavy (non-hydrogen) atoms. The highest BCUT2D eigenvalue weighted by Crippen LogP contribution is 2.24. The summed E-state index contributed by atoms with van der Waals surface area (Å²) in [5.74, 6) is 1.11. The van der Waals surface area contributed by atoms with E-state index in [9.17, 15) is 13.2 Å². The van der Waals surface area contributed by atoms with Crippen LogP contribution in [0.4, 0.5) is 13.2 Å². The summed E-state index contributed by atoms with van der Waals surface area (Å²) in [5, 5.41) is 8.42. The van der Waals surface area contributed by atoms with Crippen molar-refractivity contribution in [2.45, 2.75) is 37.6 Å². The van der Waals surface area contributed by atoms with Gasteiger partial charge in [-0.15, -0.1) is 10.2 Å². The number of halogens is 3. The van der Waals surface area contributed by atoms with E-state index in [2.05, 4.69) is 10.2 Å². The Balaban J connectivity index is 2.41. The number of thioether (sulfide) groups is 1. The SMILES string of the molecule is Cc1nnc(SCCCC(F)(F)F)n1CCN. The molecular formula is C9H15F3N4S. The van der Waals surface area contributed by atoms with Gasteiger partial charge in [-0.2, -0.15) is 13.2 Å². The molecular weight excluding hydrogens is 253 g/mol. The number of hydrogen-bond acceptors (Lipinski definition) is 4. The van der Waals surface area contributed by atoms with E-state index >= 15 is 0 Å². The second-order valence-corrected chi connectivity index (χ2v) is 4.60. The van der Waals surface area contributed by atoms with Gasteiger partial charge in [0.25, 0.3) is 0 Å². The van der Waals surface area contributed by atoms with Crippen molar-refractivity contribution in [2.75, 3.05) is 12.3 Å². The number of aryl methyl sites for hydroxylation is 1. The fourth-order valence-corrected chi connectivity index (χ4v) is 2.24. The lowest BCUT2D eigenvalue weighted by atomic mass is 10.3. The molecule has 0 radical (unpaired) electrons. The molecule has 0 aliphatic carbocycles. The van der Waals surface area contributed by atoms with Crippen molar-refractivity contribution in [1.29, 1.82) is 0 Å². The molecule has 4 nitrogen and oxygen atoms in total. The first-order valence-corrected chi connectivity index (χ1v) is 6.22. The highest BCUT2D eigenvalue weighted by Gasteiger charge is 2.26. The average Bonchev–Trinajstić information content (AvgIpc) is 2.55. The molecule has 0 aliphatic heterocycles. The van der Waals surface area contributed by atoms with Crippen molar-refractivity contribution < 1.29 is 13.2 Å². The topological polar surface area (TPSA) is 56.7 Å². The fraction of sp³-hybridized carbons (Fsp3) is 0.778. The molecule has 0 aliphatic rings. The predicted molar refractivity (Wildman–Crippen MR) is 59.8 cm³/mol. The molecule has 1 heterocycles. The maximum absolute atomic E-state index is 11.9. The van der Waals surface area contributed by atoms with Crippen LogP contribution in [0.3, 0.4) is 0 Å². The maximum atomic E-state index is 11.9. The monoisotopic (exact) mass is 268 g/mol. The molecule has 0 bridgehead atoms. The largest absolute Gasteiger partial charge is 0.389 e. The summed E-state index contributed by atoms with van der Waals surface area (Å²) in [5.41, 5.74) is 5.44. The molecule has 0 fully saturated rings. The lowest BCUT2D eigenvalue weighted by Crippen LogP contribution is -2.12. The Morgan fingerprint density at radius 1 is 1.35 bits per heavy atom. The zero-order chi connectivity index (χ0) is 12.9. The molecule has 0 saturated heterocycles. The molecule has 1 aromatic rings. The Kier molecular flexibility index (Phi) is 5.26. The van der Waals surface area contributed by atoms with E-state index in [1.165, 1.54) is 11.8 Å². The molecule has 0 amide bonds. The quantitative estimate of drug-likeness (QED) is 0.633. The first kappa shape index (κ1) is 14.3. The standard InChI is InChI=1S/C9H15F3N4S/c1-7-14-15-8(16(7)5-4-13)17-6-2-3-9(10,11)12/h2-6,13H2,1H3. The van der Waals surface area contributed by atoms with Gasteiger partial charge in [-0.05, 0) is 13.3 Å². The van der Waals surface area contributed by atoms with Crippen LogP contribution in [0.15, 0.2) is 5.16 Å². The summed E-state index contributed by atoms with van der Waals surface area (Å²) in [6.45, 7) is 2.83. The number of aromatic nitrogens is 3. The summed E-state index contributed by atoms with van der Waals surface area (Å²) >= 11 is 1.28. The fourth-order valence-electron chi connectivity index (χ4n) is 1.29. The van der Waals surface area contributed by atoms with Crippen LogP contribution in [-0.4, -0.2) is 33.2 Å². The highest BCUT2D eigenvalue weighted by atomic mass is 32.2. The van der Waals surface area contributed by atoms with E-state index in [-0.39, 0.29) is 6.42 Å². The molecule has 1 rings (SSSR count). The third-order valence-corrected chi connectivity index (χ3v) is 3.14. The first-order chi connectivity index (χ1) is 7.94. The van der Waals surface area contributed by atoms with E-state index in [1.807, 2.05) is 4.57 Å². The van der Waals surface area contributed by atoms with Gasteiger partial charge in [0.05, 0.1) is 0 Å². The van der Waals surface area contributed by atoms with Gasteiger partial charge in [0.15, 0.2) is 5.16 Å². The Hall–Kier alpha value is -0.760. The first-order valence-electron chi connectivity index (χ1n) is 5.23. The van der Waals surface area contributed by atoms with Crippen LogP contribution in [0.1, 0.15) is 18.7 Å². The van der Waals surface area contributed by atoms with E-state index < -0.39 is 12.6 Å². The number of alkyl halides is 3. The van der Waals surface area contributed by atoms with Gasteiger partial charge < -0.3 is 10.3 Å². The van der Waals surface area contributed by atoms with E-state index in [0.29, 0.717) is 24.0 Å². The summed E-state index contributed by atoms with van der Waals surface area (Å²) in [6, 6.07) is 0. The molecule has 0 saturated carbocycles. The minimum Gasteiger partial charge on any atom is -0.329 e. The van der Waals surface area contributed by atoms with E-state index in [4.69, 9.17) is 5.73 Å². The normalized spacial score (nSPS) is 12.1. The van der Waals surface area contributed by atoms with Crippen molar-refractivity contribution in [2.24, 2.45) is 5.73 Å². The van der Waals surface area contributed by atoms with Crippen molar-refractivity contribution in [3.63, 3.8) is 0 Å². The van der Waals surface area contributed by atoms with E-state index in [0.717, 1.165) is 5.82 Å². The Bertz CT molecular complexity index is 351. The number of nitrogens with two attached hydrogens (primary N) is 1. The van der Waals surface area contributed by atoms with Gasteiger partial charge >= 0.3 is 6.18 Å². The summed E-state index contributed by atoms with van der Waals surface area (Å²) in [6.07, 6.45) is -4.76. The Labute approximate surface area is 102 Å². The van der Waals surface area contributed by atoms with Gasteiger partial charge in [0.2, 0.25) is 0 Å². The van der Waals surface area contributed by atoms with Gasteiger partial charge in [0, 0.05) is 25.3 Å². The minimum absolute atomic E-state index is 0.0860. The van der Waals surface area contributed by atoms with Crippen LogP contribution in [0.2, 0.25) is 0 Å². The molecule has 0 atom stereocenters. The molecule has 8 heteroatoms. The third kappa shape index (κ3) is 4.95. The summed E-state index contributed by atoms with van der Waals surface area (Å²) in [7, 11) is 0.